The van der Waals surface area contributed by atoms with Gasteiger partial charge in [-0.15, -0.1) is 0 Å². The monoisotopic (exact) mass is 1120 g/mol. The number of para-hydroxylation sites is 1. The number of aliphatic hydroxyl groups excluding tert-OH is 1. The Labute approximate surface area is 462 Å². The SMILES string of the molecule is CC(C)[C@H](NC(=O)CNC(=O)[C@H](CCCCN)NC(=O)[C@@H]1CCCN1C(=O)[C@@H]1CCCN1C(=O)[C@H](CCCN=C(N)N)NC(=O)[C@H](C)N)C(=O)N[C@@H](CC(N)=O)C(=O)N[C@@H](Cc1c[nH]c2ccccc12)C(=O)N[C@H](C(=O)O)[C@@H](C)O. The molecule has 4 rings (SSSR count). The van der Waals surface area contributed by atoms with Crippen molar-refractivity contribution >= 4 is 81.9 Å². The molecule has 0 spiro atoms. The van der Waals surface area contributed by atoms with Crippen LogP contribution in [0.2, 0.25) is 0 Å². The number of rotatable bonds is 31. The molecule has 2 aromatic rings. The number of benzene rings is 1. The number of likely N-dealkylation sites (tertiary alicyclic amines) is 2. The first-order chi connectivity index (χ1) is 37.8. The van der Waals surface area contributed by atoms with Crippen LogP contribution in [0.5, 0.6) is 0 Å². The highest BCUT2D eigenvalue weighted by Crippen LogP contribution is 2.27. The smallest absolute Gasteiger partial charge is 0.328 e. The van der Waals surface area contributed by atoms with Crippen molar-refractivity contribution in [3.63, 3.8) is 0 Å². The van der Waals surface area contributed by atoms with Gasteiger partial charge in [0.05, 0.1) is 25.1 Å². The molecule has 29 nitrogen and oxygen atoms in total. The highest BCUT2D eigenvalue weighted by atomic mass is 16.4. The Morgan fingerprint density at radius 1 is 0.713 bits per heavy atom. The van der Waals surface area contributed by atoms with Gasteiger partial charge >= 0.3 is 5.97 Å². The number of carboxylic acid groups (broad SMARTS) is 1. The van der Waals surface area contributed by atoms with E-state index in [4.69, 9.17) is 28.7 Å². The maximum absolute atomic E-state index is 14.3. The molecule has 0 radical (unpaired) electrons. The van der Waals surface area contributed by atoms with E-state index in [1.165, 1.54) is 16.7 Å². The third kappa shape index (κ3) is 18.9. The van der Waals surface area contributed by atoms with Gasteiger partial charge in [0.1, 0.15) is 42.3 Å². The predicted molar refractivity (Wildman–Crippen MR) is 290 cm³/mol. The lowest BCUT2D eigenvalue weighted by atomic mass is 10.0. The predicted octanol–water partition coefficient (Wildman–Crippen LogP) is -4.76. The van der Waals surface area contributed by atoms with Crippen molar-refractivity contribution < 1.29 is 63.0 Å². The summed E-state index contributed by atoms with van der Waals surface area (Å²) in [4.78, 5) is 158. The average molecular weight is 1130 g/mol. The lowest BCUT2D eigenvalue weighted by Gasteiger charge is -2.33. The highest BCUT2D eigenvalue weighted by Gasteiger charge is 2.44. The Bertz CT molecular complexity index is 2570. The first-order valence-corrected chi connectivity index (χ1v) is 26.8. The molecule has 0 aliphatic carbocycles. The molecule has 80 heavy (non-hydrogen) atoms. The molecule has 2 saturated heterocycles. The zero-order chi connectivity index (χ0) is 59.4. The summed E-state index contributed by atoms with van der Waals surface area (Å²) < 4.78 is 0. The van der Waals surface area contributed by atoms with E-state index in [0.29, 0.717) is 55.0 Å². The Morgan fingerprint density at radius 3 is 1.96 bits per heavy atom. The van der Waals surface area contributed by atoms with E-state index >= 15 is 0 Å². The van der Waals surface area contributed by atoms with Crippen LogP contribution in [-0.2, 0) is 59.2 Å². The van der Waals surface area contributed by atoms with Gasteiger partial charge in [-0.05, 0) is 95.7 Å². The van der Waals surface area contributed by atoms with E-state index in [-0.39, 0.29) is 57.8 Å². The topological polar surface area (TPSA) is 477 Å². The maximum Gasteiger partial charge on any atom is 0.328 e. The number of nitrogens with zero attached hydrogens (tertiary/aromatic N) is 3. The number of aromatic nitrogens is 1. The molecule has 10 atom stereocenters. The minimum atomic E-state index is -1.77. The molecule has 0 saturated carbocycles. The first-order valence-electron chi connectivity index (χ1n) is 26.8. The molecule has 2 aliphatic heterocycles. The Balaban J connectivity index is 1.43. The Hall–Kier alpha value is -7.92. The second-order valence-electron chi connectivity index (χ2n) is 20.5. The summed E-state index contributed by atoms with van der Waals surface area (Å²) in [6, 6.07) is -4.52. The number of carboxylic acids is 1. The summed E-state index contributed by atoms with van der Waals surface area (Å²) in [6.45, 7) is 5.91. The fraction of sp³-hybridized carbons (Fsp3) is 0.608. The molecule has 29 heteroatoms. The second kappa shape index (κ2) is 31.0. The molecule has 2 aliphatic rings. The summed E-state index contributed by atoms with van der Waals surface area (Å²) >= 11 is 0. The Kier molecular flexibility index (Phi) is 25.1. The van der Waals surface area contributed by atoms with Gasteiger partial charge in [-0.2, -0.15) is 0 Å². The van der Waals surface area contributed by atoms with E-state index in [1.54, 1.807) is 44.3 Å². The standard InChI is InChI=1S/C51H80N16O13/c1-26(2)40(47(76)63-35(23-38(54)69)44(73)62-34(45(74)65-41(28(4)68)50(79)80)22-29-24-58-31-13-6-5-12-30(29)31)64-39(70)25-59-43(72)32(14-7-8-18-52)60-46(75)36-16-10-20-66(36)49(78)37-17-11-21-67(37)48(77)33(61-42(71)27(3)53)15-9-19-57-51(55)56/h5-6,12-13,24,26-28,32-37,40-41,58,68H,7-11,14-23,25,52-53H2,1-4H3,(H2,54,69)(H,59,72)(H,60,75)(H,61,71)(H,62,73)(H,63,76)(H,64,70)(H,65,74)(H,79,80)(H4,55,56,57)/t27-,28+,32-,33-,34-,35-,36-,37-,40-,41-/m0/s1. The molecule has 0 unspecified atom stereocenters. The number of nitrogens with one attached hydrogen (secondary N) is 8. The number of fused-ring (bicyclic) bond motifs is 1. The minimum Gasteiger partial charge on any atom is -0.480 e. The minimum absolute atomic E-state index is 0.0883. The average Bonchev–Trinajstić information content (AvgIpc) is 4.19. The number of carbonyl (C=O) groups is 11. The van der Waals surface area contributed by atoms with Crippen molar-refractivity contribution in [2.45, 2.75) is 159 Å². The lowest BCUT2D eigenvalue weighted by molar-refractivity contribution is -0.148. The number of guanidine groups is 1. The number of unbranched alkanes of at least 4 members (excludes halogenated alkanes) is 1. The van der Waals surface area contributed by atoms with Crippen LogP contribution in [0.25, 0.3) is 10.9 Å². The van der Waals surface area contributed by atoms with Crippen LogP contribution < -0.4 is 65.9 Å². The van der Waals surface area contributed by atoms with Crippen LogP contribution >= 0.6 is 0 Å². The number of primary amides is 1. The van der Waals surface area contributed by atoms with Crippen molar-refractivity contribution in [2.75, 3.05) is 32.7 Å². The largest absolute Gasteiger partial charge is 0.480 e. The van der Waals surface area contributed by atoms with Crippen molar-refractivity contribution in [2.24, 2.45) is 39.6 Å². The van der Waals surface area contributed by atoms with Crippen LogP contribution in [0, 0.1) is 5.92 Å². The van der Waals surface area contributed by atoms with E-state index in [2.05, 4.69) is 47.2 Å². The maximum atomic E-state index is 14.3. The molecular weight excluding hydrogens is 1040 g/mol. The molecule has 0 bridgehead atoms. The van der Waals surface area contributed by atoms with Crippen LogP contribution in [0.3, 0.4) is 0 Å². The summed E-state index contributed by atoms with van der Waals surface area (Å²) in [5.74, 6) is -10.3. The van der Waals surface area contributed by atoms with Crippen LogP contribution in [-0.4, -0.2) is 189 Å². The number of hydrogen-bond acceptors (Lipinski definition) is 15. The first kappa shape index (κ1) is 64.6. The van der Waals surface area contributed by atoms with Crippen LogP contribution in [0.4, 0.5) is 0 Å². The summed E-state index contributed by atoms with van der Waals surface area (Å²) in [5, 5.41) is 37.9. The van der Waals surface area contributed by atoms with Crippen molar-refractivity contribution in [3.8, 4) is 0 Å². The number of carbonyl (C=O) groups excluding carboxylic acids is 10. The third-order valence-electron chi connectivity index (χ3n) is 13.7. The van der Waals surface area contributed by atoms with Crippen LogP contribution in [0.1, 0.15) is 97.5 Å². The molecule has 10 amide bonds. The van der Waals surface area contributed by atoms with Gasteiger partial charge in [-0.3, -0.25) is 52.9 Å². The van der Waals surface area contributed by atoms with E-state index < -0.39 is 144 Å². The number of H-pyrrole nitrogens is 1. The fourth-order valence-corrected chi connectivity index (χ4v) is 9.44. The number of aliphatic imine (C=N–C) groups is 1. The number of aliphatic hydroxyl groups is 1. The number of aromatic amines is 1. The molecule has 2 fully saturated rings. The van der Waals surface area contributed by atoms with Gasteiger partial charge in [-0.25, -0.2) is 4.79 Å². The number of nitrogens with two attached hydrogens (primary N) is 5. The molecule has 442 valence electrons. The number of aliphatic carboxylic acids is 1. The summed E-state index contributed by atoms with van der Waals surface area (Å²) in [6.07, 6.45) is 1.92. The van der Waals surface area contributed by atoms with Gasteiger partial charge < -0.3 is 90.9 Å². The molecule has 1 aromatic heterocycles. The number of hydrogen-bond donors (Lipinski definition) is 15. The lowest BCUT2D eigenvalue weighted by Crippen LogP contribution is -2.60. The van der Waals surface area contributed by atoms with E-state index in [9.17, 15) is 63.0 Å². The normalized spacial score (nSPS) is 18.1. The van der Waals surface area contributed by atoms with Gasteiger partial charge in [0.15, 0.2) is 12.0 Å². The van der Waals surface area contributed by atoms with Gasteiger partial charge in [0.2, 0.25) is 59.1 Å². The summed E-state index contributed by atoms with van der Waals surface area (Å²) in [5.41, 5.74) is 29.1. The zero-order valence-electron chi connectivity index (χ0n) is 45.7. The van der Waals surface area contributed by atoms with Crippen molar-refractivity contribution in [3.05, 3.63) is 36.0 Å². The molecule has 3 heterocycles. The van der Waals surface area contributed by atoms with Crippen molar-refractivity contribution in [1.82, 2.24) is 52.0 Å². The van der Waals surface area contributed by atoms with E-state index in [1.807, 2.05) is 0 Å². The third-order valence-corrected chi connectivity index (χ3v) is 13.7. The Morgan fingerprint density at radius 2 is 1.34 bits per heavy atom. The summed E-state index contributed by atoms with van der Waals surface area (Å²) in [7, 11) is 0. The van der Waals surface area contributed by atoms with Gasteiger partial charge in [0, 0.05) is 43.2 Å². The second-order valence-corrected chi connectivity index (χ2v) is 20.5. The zero-order valence-corrected chi connectivity index (χ0v) is 45.7. The van der Waals surface area contributed by atoms with Crippen molar-refractivity contribution in [1.29, 1.82) is 0 Å². The highest BCUT2D eigenvalue weighted by molar-refractivity contribution is 5.99. The molecule has 20 N–H and O–H groups in total. The van der Waals surface area contributed by atoms with E-state index in [0.717, 1.165) is 6.92 Å². The van der Waals surface area contributed by atoms with Crippen LogP contribution in [0.15, 0.2) is 35.5 Å². The van der Waals surface area contributed by atoms with Gasteiger partial charge in [0.25, 0.3) is 0 Å². The number of amides is 10. The fourth-order valence-electron chi connectivity index (χ4n) is 9.44. The molecular formula is C51H80N16O13. The quantitative estimate of drug-likeness (QED) is 0.0191. The molecule has 1 aromatic carbocycles. The van der Waals surface area contributed by atoms with Gasteiger partial charge in [-0.1, -0.05) is 32.0 Å².